The molecule has 0 bridgehead atoms. The van der Waals surface area contributed by atoms with E-state index < -0.39 is 17.4 Å². The second-order valence-electron chi connectivity index (χ2n) is 10.0. The average molecular weight is 453 g/mol. The summed E-state index contributed by atoms with van der Waals surface area (Å²) in [5.41, 5.74) is 6.15. The van der Waals surface area contributed by atoms with Crippen LogP contribution in [-0.2, 0) is 17.8 Å². The fourth-order valence-corrected chi connectivity index (χ4v) is 4.51. The van der Waals surface area contributed by atoms with Crippen LogP contribution >= 0.6 is 0 Å². The van der Waals surface area contributed by atoms with E-state index in [1.165, 1.54) is 32.1 Å². The molecule has 33 heavy (non-hydrogen) atoms. The van der Waals surface area contributed by atoms with Gasteiger partial charge in [-0.25, -0.2) is 0 Å². The van der Waals surface area contributed by atoms with Gasteiger partial charge in [-0.2, -0.15) is 10.1 Å². The van der Waals surface area contributed by atoms with Crippen molar-refractivity contribution in [1.82, 2.24) is 25.2 Å². The number of carbonyl (C=O) groups is 2. The van der Waals surface area contributed by atoms with Gasteiger partial charge in [0, 0.05) is 11.9 Å². The van der Waals surface area contributed by atoms with Crippen LogP contribution in [0.3, 0.4) is 0 Å². The summed E-state index contributed by atoms with van der Waals surface area (Å²) in [6.07, 6.45) is 6.09. The number of rotatable bonds is 7. The third-order valence-electron chi connectivity index (χ3n) is 6.23. The Labute approximate surface area is 193 Å². The number of nitrogens with zero attached hydrogens (tertiary/aromatic N) is 4. The second kappa shape index (κ2) is 9.33. The largest absolute Gasteiger partial charge is 0.369 e. The van der Waals surface area contributed by atoms with Gasteiger partial charge in [0.05, 0.1) is 11.9 Å². The number of hydrogen-bond donors (Lipinski definition) is 2. The van der Waals surface area contributed by atoms with Crippen molar-refractivity contribution < 1.29 is 14.1 Å². The number of benzene rings is 1. The zero-order chi connectivity index (χ0) is 23.6. The Hall–Kier alpha value is -3.23. The molecule has 9 nitrogen and oxygen atoms in total. The Kier molecular flexibility index (Phi) is 6.49. The van der Waals surface area contributed by atoms with Crippen LogP contribution in [0.1, 0.15) is 81.1 Å². The smallest absolute Gasteiger partial charge is 0.273 e. The lowest BCUT2D eigenvalue weighted by Crippen LogP contribution is -2.37. The molecule has 1 atom stereocenters. The average Bonchev–Trinajstić information content (AvgIpc) is 3.36. The van der Waals surface area contributed by atoms with Gasteiger partial charge < -0.3 is 15.6 Å². The zero-order valence-corrected chi connectivity index (χ0v) is 19.5. The SMILES string of the molecule is CC(C)(C)C(NC(=O)c1nn(CC2CCCCC2)c2ccccc12)c1nc(CC(N)=O)no1. The maximum Gasteiger partial charge on any atom is 0.273 e. The molecule has 1 saturated carbocycles. The molecule has 1 unspecified atom stereocenters. The molecule has 0 saturated heterocycles. The molecule has 176 valence electrons. The van der Waals surface area contributed by atoms with Crippen LogP contribution < -0.4 is 11.1 Å². The van der Waals surface area contributed by atoms with Gasteiger partial charge in [-0.1, -0.05) is 63.4 Å². The number of primary amides is 1. The number of fused-ring (bicyclic) bond motifs is 1. The molecule has 2 heterocycles. The zero-order valence-electron chi connectivity index (χ0n) is 19.5. The van der Waals surface area contributed by atoms with E-state index in [9.17, 15) is 9.59 Å². The summed E-state index contributed by atoms with van der Waals surface area (Å²) in [6, 6.07) is 7.26. The molecule has 0 spiro atoms. The molecule has 3 aromatic rings. The topological polar surface area (TPSA) is 129 Å². The maximum absolute atomic E-state index is 13.4. The minimum absolute atomic E-state index is 0.121. The summed E-state index contributed by atoms with van der Waals surface area (Å²) < 4.78 is 7.35. The van der Waals surface area contributed by atoms with Gasteiger partial charge in [-0.15, -0.1) is 0 Å². The lowest BCUT2D eigenvalue weighted by Gasteiger charge is -2.28. The van der Waals surface area contributed by atoms with E-state index in [1.54, 1.807) is 0 Å². The highest BCUT2D eigenvalue weighted by molar-refractivity contribution is 6.05. The Morgan fingerprint density at radius 1 is 1.21 bits per heavy atom. The molecule has 3 N–H and O–H groups in total. The normalized spacial score (nSPS) is 16.1. The molecule has 2 aromatic heterocycles. The van der Waals surface area contributed by atoms with E-state index in [2.05, 4.69) is 15.5 Å². The molecule has 9 heteroatoms. The monoisotopic (exact) mass is 452 g/mol. The van der Waals surface area contributed by atoms with Crippen molar-refractivity contribution in [2.45, 2.75) is 71.9 Å². The van der Waals surface area contributed by atoms with E-state index >= 15 is 0 Å². The fraction of sp³-hybridized carbons (Fsp3) is 0.542. The number of para-hydroxylation sites is 1. The number of nitrogens with two attached hydrogens (primary N) is 1. The van der Waals surface area contributed by atoms with E-state index in [0.717, 1.165) is 17.4 Å². The summed E-state index contributed by atoms with van der Waals surface area (Å²) in [7, 11) is 0. The van der Waals surface area contributed by atoms with Gasteiger partial charge in [0.15, 0.2) is 11.5 Å². The first-order valence-electron chi connectivity index (χ1n) is 11.6. The third-order valence-corrected chi connectivity index (χ3v) is 6.23. The Morgan fingerprint density at radius 2 is 1.94 bits per heavy atom. The standard InChI is InChI=1S/C24H32N6O3/c1-24(2,3)21(23-26-19(29-33-23)13-18(25)31)27-22(32)20-16-11-7-8-12-17(16)30(28-20)14-15-9-5-4-6-10-15/h7-8,11-12,15,21H,4-6,9-10,13-14H2,1-3H3,(H2,25,31)(H,27,32). The quantitative estimate of drug-likeness (QED) is 0.564. The summed E-state index contributed by atoms with van der Waals surface area (Å²) in [4.78, 5) is 28.9. The van der Waals surface area contributed by atoms with Crippen LogP contribution in [0.15, 0.2) is 28.8 Å². The highest BCUT2D eigenvalue weighted by atomic mass is 16.5. The van der Waals surface area contributed by atoms with Crippen LogP contribution in [0.4, 0.5) is 0 Å². The van der Waals surface area contributed by atoms with Crippen molar-refractivity contribution in [3.63, 3.8) is 0 Å². The molecule has 4 rings (SSSR count). The predicted molar refractivity (Wildman–Crippen MR) is 123 cm³/mol. The van der Waals surface area contributed by atoms with Crippen LogP contribution in [0.25, 0.3) is 10.9 Å². The predicted octanol–water partition coefficient (Wildman–Crippen LogP) is 3.54. The first-order valence-corrected chi connectivity index (χ1v) is 11.6. The van der Waals surface area contributed by atoms with Gasteiger partial charge >= 0.3 is 0 Å². The van der Waals surface area contributed by atoms with Crippen LogP contribution in [0.5, 0.6) is 0 Å². The first-order chi connectivity index (χ1) is 15.7. The first kappa shape index (κ1) is 22.9. The van der Waals surface area contributed by atoms with E-state index in [-0.39, 0.29) is 24.0 Å². The van der Waals surface area contributed by atoms with Crippen molar-refractivity contribution in [2.24, 2.45) is 17.1 Å². The molecular weight excluding hydrogens is 420 g/mol. The minimum Gasteiger partial charge on any atom is -0.369 e. The van der Waals surface area contributed by atoms with Crippen molar-refractivity contribution in [2.75, 3.05) is 0 Å². The Bertz CT molecular complexity index is 1140. The van der Waals surface area contributed by atoms with E-state index in [4.69, 9.17) is 15.4 Å². The summed E-state index contributed by atoms with van der Waals surface area (Å²) in [5, 5.41) is 12.4. The van der Waals surface area contributed by atoms with Crippen LogP contribution in [0.2, 0.25) is 0 Å². The van der Waals surface area contributed by atoms with E-state index in [0.29, 0.717) is 11.6 Å². The number of carbonyl (C=O) groups excluding carboxylic acids is 2. The number of hydrogen-bond acceptors (Lipinski definition) is 6. The highest BCUT2D eigenvalue weighted by Crippen LogP contribution is 2.33. The number of nitrogens with one attached hydrogen (secondary N) is 1. The van der Waals surface area contributed by atoms with Gasteiger partial charge in [0.2, 0.25) is 11.8 Å². The summed E-state index contributed by atoms with van der Waals surface area (Å²) in [5.74, 6) is 0.167. The highest BCUT2D eigenvalue weighted by Gasteiger charge is 2.34. The molecule has 1 aliphatic rings. The van der Waals surface area contributed by atoms with Crippen LogP contribution in [0, 0.1) is 11.3 Å². The molecule has 2 amide bonds. The van der Waals surface area contributed by atoms with Gasteiger partial charge in [0.25, 0.3) is 5.91 Å². The molecule has 0 radical (unpaired) electrons. The van der Waals surface area contributed by atoms with Crippen molar-refractivity contribution in [3.05, 3.63) is 41.7 Å². The summed E-state index contributed by atoms with van der Waals surface area (Å²) >= 11 is 0. The maximum atomic E-state index is 13.4. The molecule has 1 aromatic carbocycles. The molecule has 0 aliphatic heterocycles. The van der Waals surface area contributed by atoms with Gasteiger partial charge in [-0.05, 0) is 30.2 Å². The lowest BCUT2D eigenvalue weighted by molar-refractivity contribution is -0.117. The van der Waals surface area contributed by atoms with Gasteiger partial charge in [-0.3, -0.25) is 14.3 Å². The van der Waals surface area contributed by atoms with Crippen molar-refractivity contribution in [1.29, 1.82) is 0 Å². The van der Waals surface area contributed by atoms with Gasteiger partial charge in [0.1, 0.15) is 6.04 Å². The molecule has 1 fully saturated rings. The molecular formula is C24H32N6O3. The summed E-state index contributed by atoms with van der Waals surface area (Å²) in [6.45, 7) is 6.72. The fourth-order valence-electron chi connectivity index (χ4n) is 4.51. The third kappa shape index (κ3) is 5.23. The van der Waals surface area contributed by atoms with Crippen molar-refractivity contribution in [3.8, 4) is 0 Å². The van der Waals surface area contributed by atoms with Crippen molar-refractivity contribution >= 4 is 22.7 Å². The minimum atomic E-state index is -0.568. The number of aromatic nitrogens is 4. The lowest BCUT2D eigenvalue weighted by atomic mass is 9.86. The Balaban J connectivity index is 1.61. The second-order valence-corrected chi connectivity index (χ2v) is 10.0. The number of amides is 2. The van der Waals surface area contributed by atoms with E-state index in [1.807, 2.05) is 49.7 Å². The van der Waals surface area contributed by atoms with Crippen LogP contribution in [-0.4, -0.2) is 31.7 Å². The molecule has 1 aliphatic carbocycles. The Morgan fingerprint density at radius 3 is 2.64 bits per heavy atom.